The quantitative estimate of drug-likeness (QED) is 0.478. The predicted octanol–water partition coefficient (Wildman–Crippen LogP) is 2.04. The molecule has 2 aromatic carbocycles. The number of para-hydroxylation sites is 1. The molecule has 31 heavy (non-hydrogen) atoms. The lowest BCUT2D eigenvalue weighted by Gasteiger charge is -2.36. The molecule has 4 rings (SSSR count). The van der Waals surface area contributed by atoms with Gasteiger partial charge in [-0.2, -0.15) is 0 Å². The van der Waals surface area contributed by atoms with Gasteiger partial charge in [0.05, 0.1) is 24.4 Å². The van der Waals surface area contributed by atoms with E-state index in [1.54, 1.807) is 24.4 Å². The maximum atomic E-state index is 13.4. The Bertz CT molecular complexity index is 1090. The van der Waals surface area contributed by atoms with Crippen LogP contribution in [0.2, 0.25) is 5.02 Å². The third-order valence-electron chi connectivity index (χ3n) is 5.45. The smallest absolute Gasteiger partial charge is 0.253 e. The van der Waals surface area contributed by atoms with E-state index in [1.807, 2.05) is 16.7 Å². The fourth-order valence-electron chi connectivity index (χ4n) is 3.85. The molecule has 0 aliphatic carbocycles. The van der Waals surface area contributed by atoms with Gasteiger partial charge in [0, 0.05) is 35.1 Å². The molecule has 1 amide bonds. The number of carbonyl (C=O) groups is 1. The summed E-state index contributed by atoms with van der Waals surface area (Å²) in [5.41, 5.74) is 1.81. The first-order chi connectivity index (χ1) is 14.9. The molecule has 4 atom stereocenters. The number of nitrogens with zero attached hydrogens (tertiary/aromatic N) is 1. The molecule has 1 aromatic heterocycles. The molecule has 164 valence electrons. The van der Waals surface area contributed by atoms with Gasteiger partial charge in [0.25, 0.3) is 5.91 Å². The number of fused-ring (bicyclic) bond motifs is 1. The van der Waals surface area contributed by atoms with Gasteiger partial charge in [-0.1, -0.05) is 35.9 Å². The average Bonchev–Trinajstić information content (AvgIpc) is 3.11. The highest BCUT2D eigenvalue weighted by atomic mass is 35.5. The predicted molar refractivity (Wildman–Crippen MR) is 112 cm³/mol. The second-order valence-corrected chi connectivity index (χ2v) is 7.96. The number of ether oxygens (including phenoxy) is 1. The van der Waals surface area contributed by atoms with E-state index in [9.17, 15) is 24.5 Å². The number of hydrogen-bond acceptors (Lipinski definition) is 5. The molecule has 1 saturated heterocycles. The molecule has 1 fully saturated rings. The fourth-order valence-corrected chi connectivity index (χ4v) is 4.08. The van der Waals surface area contributed by atoms with Gasteiger partial charge in [-0.15, -0.1) is 0 Å². The summed E-state index contributed by atoms with van der Waals surface area (Å²) in [6, 6.07) is 10.4. The number of halogens is 2. The van der Waals surface area contributed by atoms with Crippen LogP contribution in [0.4, 0.5) is 4.39 Å². The Hall–Kier alpha value is -2.49. The summed E-state index contributed by atoms with van der Waals surface area (Å²) in [7, 11) is 0. The third-order valence-corrected chi connectivity index (χ3v) is 5.80. The second-order valence-electron chi connectivity index (χ2n) is 7.56. The van der Waals surface area contributed by atoms with Crippen molar-refractivity contribution in [1.82, 2.24) is 9.88 Å². The van der Waals surface area contributed by atoms with Gasteiger partial charge in [0.2, 0.25) is 0 Å². The number of benzene rings is 2. The topological polar surface area (TPSA) is 104 Å². The second kappa shape index (κ2) is 8.94. The van der Waals surface area contributed by atoms with Crippen molar-refractivity contribution < 1.29 is 29.2 Å². The minimum atomic E-state index is -1.45. The summed E-state index contributed by atoms with van der Waals surface area (Å²) in [5.74, 6) is -0.921. The molecule has 4 N–H and O–H groups in total. The number of carbonyl (C=O) groups excluding carboxylic acids is 1. The Morgan fingerprint density at radius 1 is 1.26 bits per heavy atom. The zero-order valence-corrected chi connectivity index (χ0v) is 17.2. The molecular formula is C22H22ClFN2O5. The van der Waals surface area contributed by atoms with Crippen molar-refractivity contribution in [2.75, 3.05) is 6.61 Å². The van der Waals surface area contributed by atoms with Crippen LogP contribution in [0.5, 0.6) is 0 Å². The van der Waals surface area contributed by atoms with Crippen LogP contribution in [0.15, 0.2) is 48.7 Å². The van der Waals surface area contributed by atoms with Gasteiger partial charge >= 0.3 is 0 Å². The SMILES string of the molecule is O=C(N[C@@H]1C(O)CC(CO)OC1O)c1cn(Cc2ccc(F)cc2Cl)c2ccccc12. The monoisotopic (exact) mass is 448 g/mol. The molecule has 7 nitrogen and oxygen atoms in total. The minimum Gasteiger partial charge on any atom is -0.394 e. The van der Waals surface area contributed by atoms with Gasteiger partial charge in [0.15, 0.2) is 6.29 Å². The van der Waals surface area contributed by atoms with Crippen molar-refractivity contribution in [2.45, 2.75) is 37.5 Å². The summed E-state index contributed by atoms with van der Waals surface area (Å²) in [4.78, 5) is 13.0. The van der Waals surface area contributed by atoms with E-state index in [2.05, 4.69) is 5.32 Å². The molecule has 9 heteroatoms. The van der Waals surface area contributed by atoms with Gasteiger partial charge < -0.3 is 29.9 Å². The van der Waals surface area contributed by atoms with Crippen LogP contribution in [-0.2, 0) is 11.3 Å². The van der Waals surface area contributed by atoms with E-state index >= 15 is 0 Å². The largest absolute Gasteiger partial charge is 0.394 e. The van der Waals surface area contributed by atoms with Crippen LogP contribution in [0.3, 0.4) is 0 Å². The van der Waals surface area contributed by atoms with Gasteiger partial charge in [-0.05, 0) is 23.8 Å². The summed E-state index contributed by atoms with van der Waals surface area (Å²) in [5, 5.41) is 33.2. The van der Waals surface area contributed by atoms with Crippen LogP contribution >= 0.6 is 11.6 Å². The molecule has 0 saturated carbocycles. The molecule has 0 bridgehead atoms. The van der Waals surface area contributed by atoms with E-state index in [-0.39, 0.29) is 18.1 Å². The fraction of sp³-hybridized carbons (Fsp3) is 0.318. The lowest BCUT2D eigenvalue weighted by Crippen LogP contribution is -2.57. The molecular weight excluding hydrogens is 427 g/mol. The first-order valence-corrected chi connectivity index (χ1v) is 10.2. The first-order valence-electron chi connectivity index (χ1n) is 9.82. The Morgan fingerprint density at radius 3 is 2.74 bits per heavy atom. The number of aliphatic hydroxyl groups is 3. The highest BCUT2D eigenvalue weighted by molar-refractivity contribution is 6.31. The van der Waals surface area contributed by atoms with Gasteiger partial charge in [0.1, 0.15) is 11.9 Å². The van der Waals surface area contributed by atoms with Crippen LogP contribution in [0.25, 0.3) is 10.9 Å². The Labute approximate surface area is 182 Å². The normalized spacial score (nSPS) is 23.8. The van der Waals surface area contributed by atoms with Crippen molar-refractivity contribution in [3.63, 3.8) is 0 Å². The highest BCUT2D eigenvalue weighted by Gasteiger charge is 2.38. The van der Waals surface area contributed by atoms with E-state index in [0.717, 1.165) is 5.52 Å². The van der Waals surface area contributed by atoms with Gasteiger partial charge in [-0.25, -0.2) is 4.39 Å². The van der Waals surface area contributed by atoms with Crippen molar-refractivity contribution in [1.29, 1.82) is 0 Å². The highest BCUT2D eigenvalue weighted by Crippen LogP contribution is 2.26. The van der Waals surface area contributed by atoms with Crippen LogP contribution in [-0.4, -0.2) is 56.9 Å². The maximum Gasteiger partial charge on any atom is 0.253 e. The zero-order chi connectivity index (χ0) is 22.1. The van der Waals surface area contributed by atoms with E-state index in [4.69, 9.17) is 16.3 Å². The molecule has 0 spiro atoms. The number of rotatable bonds is 5. The van der Waals surface area contributed by atoms with Crippen molar-refractivity contribution in [3.8, 4) is 0 Å². The van der Waals surface area contributed by atoms with Crippen molar-refractivity contribution in [3.05, 3.63) is 70.6 Å². The number of nitrogens with one attached hydrogen (secondary N) is 1. The first kappa shape index (κ1) is 21.7. The number of amides is 1. The summed E-state index contributed by atoms with van der Waals surface area (Å²) < 4.78 is 20.4. The molecule has 2 heterocycles. The number of hydrogen-bond donors (Lipinski definition) is 4. The van der Waals surface area contributed by atoms with E-state index < -0.39 is 36.3 Å². The Kier molecular flexibility index (Phi) is 6.27. The van der Waals surface area contributed by atoms with E-state index in [0.29, 0.717) is 23.1 Å². The summed E-state index contributed by atoms with van der Waals surface area (Å²) >= 11 is 6.16. The molecule has 3 unspecified atom stereocenters. The average molecular weight is 449 g/mol. The lowest BCUT2D eigenvalue weighted by atomic mass is 10.00. The third kappa shape index (κ3) is 4.44. The Balaban J connectivity index is 1.61. The van der Waals surface area contributed by atoms with Crippen LogP contribution in [0, 0.1) is 5.82 Å². The molecule has 1 aliphatic rings. The number of aromatic nitrogens is 1. The van der Waals surface area contributed by atoms with Crippen molar-refractivity contribution in [2.24, 2.45) is 0 Å². The molecule has 3 aromatic rings. The van der Waals surface area contributed by atoms with Gasteiger partial charge in [-0.3, -0.25) is 4.79 Å². The molecule has 1 aliphatic heterocycles. The zero-order valence-electron chi connectivity index (χ0n) is 16.4. The Morgan fingerprint density at radius 2 is 2.03 bits per heavy atom. The van der Waals surface area contributed by atoms with Crippen molar-refractivity contribution >= 4 is 28.4 Å². The molecule has 0 radical (unpaired) electrons. The number of aliphatic hydroxyl groups excluding tert-OH is 3. The minimum absolute atomic E-state index is 0.0866. The maximum absolute atomic E-state index is 13.4. The summed E-state index contributed by atoms with van der Waals surface area (Å²) in [6.45, 7) is -0.0168. The summed E-state index contributed by atoms with van der Waals surface area (Å²) in [6.07, 6.45) is -1.48. The standard InChI is InChI=1S/C22H22ClFN2O5/c23-17-7-13(24)6-5-12(17)9-26-10-16(15-3-1-2-4-18(15)26)21(29)25-20-19(28)8-14(11-27)31-22(20)30/h1-7,10,14,19-20,22,27-28,30H,8-9,11H2,(H,25,29)/t14?,19?,20-,22?/m1/s1. The van der Waals surface area contributed by atoms with Crippen LogP contribution < -0.4 is 5.32 Å². The lowest BCUT2D eigenvalue weighted by molar-refractivity contribution is -0.212. The van der Waals surface area contributed by atoms with Crippen LogP contribution in [0.1, 0.15) is 22.3 Å². The van der Waals surface area contributed by atoms with E-state index in [1.165, 1.54) is 12.1 Å².